The fraction of sp³-hybridized carbons (Fsp3) is 0.625. The zero-order valence-electron chi connectivity index (χ0n) is 11.4. The molecule has 106 valence electrons. The maximum absolute atomic E-state index is 6.37. The second-order valence-corrected chi connectivity index (χ2v) is 7.21. The summed E-state index contributed by atoms with van der Waals surface area (Å²) in [4.78, 5) is 0. The first-order valence-electron chi connectivity index (χ1n) is 7.29. The van der Waals surface area contributed by atoms with E-state index in [4.69, 9.17) is 17.3 Å². The molecule has 19 heavy (non-hydrogen) atoms. The molecular formula is C16H23BrClN. The lowest BCUT2D eigenvalue weighted by atomic mass is 9.72. The monoisotopic (exact) mass is 343 g/mol. The summed E-state index contributed by atoms with van der Waals surface area (Å²) in [6.07, 6.45) is 10.2. The van der Waals surface area contributed by atoms with E-state index >= 15 is 0 Å². The summed E-state index contributed by atoms with van der Waals surface area (Å²) in [6, 6.07) is 6.21. The van der Waals surface area contributed by atoms with Crippen molar-refractivity contribution in [1.29, 1.82) is 0 Å². The molecule has 1 aromatic rings. The van der Waals surface area contributed by atoms with Crippen LogP contribution >= 0.6 is 27.5 Å². The van der Waals surface area contributed by atoms with E-state index < -0.39 is 0 Å². The van der Waals surface area contributed by atoms with Crippen molar-refractivity contribution in [3.8, 4) is 0 Å². The van der Waals surface area contributed by atoms with E-state index in [1.165, 1.54) is 50.5 Å². The lowest BCUT2D eigenvalue weighted by molar-refractivity contribution is 0.217. The van der Waals surface area contributed by atoms with Gasteiger partial charge in [0.2, 0.25) is 0 Å². The third kappa shape index (κ3) is 4.21. The van der Waals surface area contributed by atoms with Crippen molar-refractivity contribution >= 4 is 27.5 Å². The van der Waals surface area contributed by atoms with Gasteiger partial charge in [0.05, 0.1) is 0 Å². The minimum Gasteiger partial charge on any atom is -0.330 e. The van der Waals surface area contributed by atoms with Crippen molar-refractivity contribution in [3.63, 3.8) is 0 Å². The molecule has 3 heteroatoms. The van der Waals surface area contributed by atoms with Crippen LogP contribution in [0.25, 0.3) is 0 Å². The number of nitrogens with two attached hydrogens (primary N) is 1. The fourth-order valence-electron chi connectivity index (χ4n) is 3.18. The molecule has 0 atom stereocenters. The van der Waals surface area contributed by atoms with Gasteiger partial charge in [0, 0.05) is 9.50 Å². The Hall–Kier alpha value is -0.0500. The number of hydrogen-bond donors (Lipinski definition) is 1. The Balaban J connectivity index is 2.15. The van der Waals surface area contributed by atoms with Crippen LogP contribution in [0.5, 0.6) is 0 Å². The third-order valence-electron chi connectivity index (χ3n) is 4.43. The van der Waals surface area contributed by atoms with E-state index in [-0.39, 0.29) is 5.41 Å². The summed E-state index contributed by atoms with van der Waals surface area (Å²) >= 11 is 9.84. The van der Waals surface area contributed by atoms with Gasteiger partial charge in [-0.15, -0.1) is 0 Å². The number of halogens is 2. The van der Waals surface area contributed by atoms with Crippen molar-refractivity contribution in [1.82, 2.24) is 0 Å². The Bertz CT molecular complexity index is 411. The quantitative estimate of drug-likeness (QED) is 0.787. The fourth-order valence-corrected chi connectivity index (χ4v) is 3.92. The van der Waals surface area contributed by atoms with Crippen molar-refractivity contribution in [2.75, 3.05) is 6.54 Å². The summed E-state index contributed by atoms with van der Waals surface area (Å²) in [7, 11) is 0. The molecule has 0 unspecified atom stereocenters. The second-order valence-electron chi connectivity index (χ2n) is 5.88. The number of benzene rings is 1. The molecule has 1 aliphatic rings. The van der Waals surface area contributed by atoms with Crippen molar-refractivity contribution in [3.05, 3.63) is 33.3 Å². The minimum absolute atomic E-state index is 0.262. The highest BCUT2D eigenvalue weighted by Crippen LogP contribution is 2.38. The summed E-state index contributed by atoms with van der Waals surface area (Å²) in [5, 5.41) is 0.865. The van der Waals surface area contributed by atoms with Crippen LogP contribution in [0, 0.1) is 5.41 Å². The molecule has 2 rings (SSSR count). The van der Waals surface area contributed by atoms with E-state index in [1.54, 1.807) is 0 Å². The average Bonchev–Trinajstić information content (AvgIpc) is 2.36. The Morgan fingerprint density at radius 3 is 2.32 bits per heavy atom. The number of rotatable bonds is 3. The van der Waals surface area contributed by atoms with Gasteiger partial charge in [0.1, 0.15) is 0 Å². The second kappa shape index (κ2) is 7.10. The van der Waals surface area contributed by atoms with Crippen LogP contribution < -0.4 is 5.73 Å². The highest BCUT2D eigenvalue weighted by atomic mass is 79.9. The van der Waals surface area contributed by atoms with Crippen LogP contribution in [-0.2, 0) is 6.42 Å². The largest absolute Gasteiger partial charge is 0.330 e. The van der Waals surface area contributed by atoms with Gasteiger partial charge in [-0.25, -0.2) is 0 Å². The Morgan fingerprint density at radius 1 is 1.11 bits per heavy atom. The van der Waals surface area contributed by atoms with Crippen LogP contribution in [0.4, 0.5) is 0 Å². The first-order valence-corrected chi connectivity index (χ1v) is 8.46. The molecule has 0 saturated heterocycles. The summed E-state index contributed by atoms with van der Waals surface area (Å²) in [6.45, 7) is 0.777. The Kier molecular flexibility index (Phi) is 5.73. The molecule has 0 radical (unpaired) electrons. The zero-order valence-corrected chi connectivity index (χ0v) is 13.8. The van der Waals surface area contributed by atoms with Gasteiger partial charge < -0.3 is 5.73 Å². The molecule has 1 fully saturated rings. The first-order chi connectivity index (χ1) is 9.15. The molecule has 0 amide bonds. The Morgan fingerprint density at radius 2 is 1.74 bits per heavy atom. The molecule has 0 bridgehead atoms. The van der Waals surface area contributed by atoms with Crippen LogP contribution in [0.2, 0.25) is 5.02 Å². The van der Waals surface area contributed by atoms with Gasteiger partial charge in [0.15, 0.2) is 0 Å². The zero-order chi connectivity index (χ0) is 13.7. The van der Waals surface area contributed by atoms with E-state index in [2.05, 4.69) is 28.1 Å². The molecule has 0 heterocycles. The Labute approximate surface area is 130 Å². The van der Waals surface area contributed by atoms with Crippen molar-refractivity contribution < 1.29 is 0 Å². The SMILES string of the molecule is NCC1(Cc2ccc(Br)cc2Cl)CCCCCCC1. The van der Waals surface area contributed by atoms with E-state index in [0.717, 1.165) is 22.5 Å². The van der Waals surface area contributed by atoms with Crippen LogP contribution in [0.15, 0.2) is 22.7 Å². The van der Waals surface area contributed by atoms with Gasteiger partial charge in [0.25, 0.3) is 0 Å². The lowest BCUT2D eigenvalue weighted by Gasteiger charge is -2.35. The van der Waals surface area contributed by atoms with Gasteiger partial charge in [-0.05, 0) is 48.9 Å². The average molecular weight is 345 g/mol. The molecule has 0 aromatic heterocycles. The maximum Gasteiger partial charge on any atom is 0.0449 e. The van der Waals surface area contributed by atoms with Crippen molar-refractivity contribution in [2.24, 2.45) is 11.1 Å². The topological polar surface area (TPSA) is 26.0 Å². The predicted molar refractivity (Wildman–Crippen MR) is 86.7 cm³/mol. The third-order valence-corrected chi connectivity index (χ3v) is 5.27. The molecule has 1 nitrogen and oxygen atoms in total. The first kappa shape index (κ1) is 15.3. The molecule has 1 saturated carbocycles. The van der Waals surface area contributed by atoms with Crippen molar-refractivity contribution in [2.45, 2.75) is 51.4 Å². The predicted octanol–water partition coefficient (Wildman–Crippen LogP) is 5.33. The van der Waals surface area contributed by atoms with Gasteiger partial charge in [-0.3, -0.25) is 0 Å². The summed E-state index contributed by atoms with van der Waals surface area (Å²) in [5.74, 6) is 0. The molecular weight excluding hydrogens is 322 g/mol. The van der Waals surface area contributed by atoms with Crippen LogP contribution in [-0.4, -0.2) is 6.54 Å². The highest BCUT2D eigenvalue weighted by molar-refractivity contribution is 9.10. The normalized spacial score (nSPS) is 19.7. The van der Waals surface area contributed by atoms with Gasteiger partial charge in [-0.1, -0.05) is 65.7 Å². The summed E-state index contributed by atoms with van der Waals surface area (Å²) in [5.41, 5.74) is 7.64. The summed E-state index contributed by atoms with van der Waals surface area (Å²) < 4.78 is 1.04. The number of hydrogen-bond acceptors (Lipinski definition) is 1. The maximum atomic E-state index is 6.37. The van der Waals surface area contributed by atoms with E-state index in [9.17, 15) is 0 Å². The molecule has 0 aliphatic heterocycles. The molecule has 1 aliphatic carbocycles. The van der Waals surface area contributed by atoms with E-state index in [1.807, 2.05) is 6.07 Å². The molecule has 2 N–H and O–H groups in total. The van der Waals surface area contributed by atoms with Gasteiger partial charge in [-0.2, -0.15) is 0 Å². The smallest absolute Gasteiger partial charge is 0.0449 e. The van der Waals surface area contributed by atoms with E-state index in [0.29, 0.717) is 0 Å². The lowest BCUT2D eigenvalue weighted by Crippen LogP contribution is -2.33. The van der Waals surface area contributed by atoms with Crippen LogP contribution in [0.3, 0.4) is 0 Å². The standard InChI is InChI=1S/C16H23BrClN/c17-14-7-6-13(15(18)10-14)11-16(12-19)8-4-2-1-3-5-9-16/h6-7,10H,1-5,8-9,11-12,19H2. The minimum atomic E-state index is 0.262. The highest BCUT2D eigenvalue weighted by Gasteiger charge is 2.29. The molecule has 0 spiro atoms. The molecule has 1 aromatic carbocycles. The van der Waals surface area contributed by atoms with Crippen LogP contribution in [0.1, 0.15) is 50.5 Å². The van der Waals surface area contributed by atoms with Gasteiger partial charge >= 0.3 is 0 Å².